The summed E-state index contributed by atoms with van der Waals surface area (Å²) < 4.78 is 2.03. The minimum Gasteiger partial charge on any atom is -0.312 e. The van der Waals surface area contributed by atoms with Crippen LogP contribution >= 0.6 is 11.8 Å². The van der Waals surface area contributed by atoms with Crippen molar-refractivity contribution >= 4 is 11.8 Å². The molecule has 1 aromatic heterocycles. The molecule has 20 heavy (non-hydrogen) atoms. The largest absolute Gasteiger partial charge is 0.312 e. The molecule has 2 aliphatic rings. The Morgan fingerprint density at radius 3 is 2.85 bits per heavy atom. The van der Waals surface area contributed by atoms with Crippen molar-refractivity contribution in [3.63, 3.8) is 0 Å². The molecule has 2 atom stereocenters. The second-order valence-electron chi connectivity index (χ2n) is 6.75. The first kappa shape index (κ1) is 14.3. The summed E-state index contributed by atoms with van der Waals surface area (Å²) in [6.07, 6.45) is 6.16. The van der Waals surface area contributed by atoms with Crippen LogP contribution in [0.2, 0.25) is 0 Å². The van der Waals surface area contributed by atoms with Crippen molar-refractivity contribution in [3.8, 4) is 0 Å². The van der Waals surface area contributed by atoms with Gasteiger partial charge in [0.05, 0.1) is 6.04 Å². The third kappa shape index (κ3) is 2.86. The molecule has 0 amide bonds. The van der Waals surface area contributed by atoms with Gasteiger partial charge < -0.3 is 5.32 Å². The van der Waals surface area contributed by atoms with Crippen molar-refractivity contribution in [2.24, 2.45) is 5.41 Å². The summed E-state index contributed by atoms with van der Waals surface area (Å²) in [5.74, 6) is 0. The van der Waals surface area contributed by atoms with Crippen LogP contribution in [0, 0.1) is 5.41 Å². The Morgan fingerprint density at radius 1 is 1.35 bits per heavy atom. The highest BCUT2D eigenvalue weighted by Gasteiger charge is 2.43. The Hall–Kier alpha value is -0.620. The van der Waals surface area contributed by atoms with Gasteiger partial charge in [-0.25, -0.2) is 4.68 Å². The maximum Gasteiger partial charge on any atom is 0.209 e. The number of hydrogen-bond donors (Lipinski definition) is 1. The molecule has 1 aromatic rings. The maximum atomic E-state index is 4.24. The Balaban J connectivity index is 1.70. The summed E-state index contributed by atoms with van der Waals surface area (Å²) in [7, 11) is 0. The topological polar surface area (TPSA) is 55.6 Å². The van der Waals surface area contributed by atoms with E-state index in [2.05, 4.69) is 41.6 Å². The summed E-state index contributed by atoms with van der Waals surface area (Å²) in [5, 5.41) is 17.6. The summed E-state index contributed by atoms with van der Waals surface area (Å²) >= 11 is 1.88. The maximum absolute atomic E-state index is 4.24. The van der Waals surface area contributed by atoms with E-state index in [1.807, 2.05) is 16.4 Å². The predicted octanol–water partition coefficient (Wildman–Crippen LogP) is 2.66. The number of aromatic nitrogens is 4. The molecule has 6 heteroatoms. The van der Waals surface area contributed by atoms with E-state index in [9.17, 15) is 0 Å². The van der Waals surface area contributed by atoms with Crippen molar-refractivity contribution in [1.29, 1.82) is 0 Å². The smallest absolute Gasteiger partial charge is 0.209 e. The van der Waals surface area contributed by atoms with Crippen molar-refractivity contribution in [1.82, 2.24) is 25.5 Å². The lowest BCUT2D eigenvalue weighted by atomic mass is 9.87. The average molecular weight is 295 g/mol. The fourth-order valence-electron chi connectivity index (χ4n) is 3.12. The molecule has 3 rings (SSSR count). The predicted molar refractivity (Wildman–Crippen MR) is 80.8 cm³/mol. The first-order chi connectivity index (χ1) is 9.62. The van der Waals surface area contributed by atoms with Crippen LogP contribution in [0.25, 0.3) is 0 Å². The van der Waals surface area contributed by atoms with E-state index in [-0.39, 0.29) is 0 Å². The molecule has 0 saturated heterocycles. The van der Waals surface area contributed by atoms with Gasteiger partial charge in [-0.15, -0.1) is 5.10 Å². The molecule has 2 fully saturated rings. The Labute approximate surface area is 125 Å². The van der Waals surface area contributed by atoms with Crippen LogP contribution in [0.4, 0.5) is 0 Å². The summed E-state index contributed by atoms with van der Waals surface area (Å²) in [5.41, 5.74) is 0.366. The van der Waals surface area contributed by atoms with E-state index in [0.29, 0.717) is 22.7 Å². The molecule has 0 aromatic carbocycles. The van der Waals surface area contributed by atoms with Crippen LogP contribution in [-0.2, 0) is 0 Å². The monoisotopic (exact) mass is 295 g/mol. The van der Waals surface area contributed by atoms with Crippen LogP contribution in [0.5, 0.6) is 0 Å². The van der Waals surface area contributed by atoms with Gasteiger partial charge in [-0.05, 0) is 54.5 Å². The lowest BCUT2D eigenvalue weighted by Gasteiger charge is -2.31. The van der Waals surface area contributed by atoms with Crippen LogP contribution in [-0.4, -0.2) is 38.0 Å². The summed E-state index contributed by atoms with van der Waals surface area (Å²) in [4.78, 5) is 0. The lowest BCUT2D eigenvalue weighted by molar-refractivity contribution is 0.287. The number of hydrogen-bond acceptors (Lipinski definition) is 5. The van der Waals surface area contributed by atoms with Crippen LogP contribution in [0.3, 0.4) is 0 Å². The molecule has 1 N–H and O–H groups in total. The second-order valence-corrected chi connectivity index (χ2v) is 7.96. The van der Waals surface area contributed by atoms with Gasteiger partial charge in [0.1, 0.15) is 0 Å². The quantitative estimate of drug-likeness (QED) is 0.874. The van der Waals surface area contributed by atoms with E-state index in [0.717, 1.165) is 11.7 Å². The molecule has 0 bridgehead atoms. The molecular formula is C14H25N5S. The molecule has 112 valence electrons. The zero-order chi connectivity index (χ0) is 14.2. The number of tetrazole rings is 1. The molecule has 0 aliphatic heterocycles. The highest BCUT2D eigenvalue weighted by atomic mass is 32.2. The van der Waals surface area contributed by atoms with Gasteiger partial charge in [-0.2, -0.15) is 0 Å². The molecular weight excluding hydrogens is 270 g/mol. The molecule has 2 saturated carbocycles. The molecule has 2 aliphatic carbocycles. The first-order valence-corrected chi connectivity index (χ1v) is 8.67. The third-order valence-electron chi connectivity index (χ3n) is 4.51. The summed E-state index contributed by atoms with van der Waals surface area (Å²) in [6, 6.07) is 1.11. The average Bonchev–Trinajstić information content (AvgIpc) is 3.09. The second kappa shape index (κ2) is 5.64. The minimum atomic E-state index is 0.366. The van der Waals surface area contributed by atoms with Crippen molar-refractivity contribution < 1.29 is 0 Å². The number of nitrogens with one attached hydrogen (secondary N) is 1. The SMILES string of the molecule is CCCNC1C(Sc2nnnn2C2CC2)CCC1(C)C. The molecule has 0 spiro atoms. The van der Waals surface area contributed by atoms with Gasteiger partial charge in [0.25, 0.3) is 0 Å². The van der Waals surface area contributed by atoms with Gasteiger partial charge in [-0.1, -0.05) is 32.5 Å². The first-order valence-electron chi connectivity index (χ1n) is 7.79. The molecule has 2 unspecified atom stereocenters. The van der Waals surface area contributed by atoms with Gasteiger partial charge in [0, 0.05) is 11.3 Å². The van der Waals surface area contributed by atoms with Crippen LogP contribution in [0.15, 0.2) is 5.16 Å². The highest BCUT2D eigenvalue weighted by Crippen LogP contribution is 2.46. The van der Waals surface area contributed by atoms with Crippen molar-refractivity contribution in [2.75, 3.05) is 6.54 Å². The zero-order valence-electron chi connectivity index (χ0n) is 12.7. The van der Waals surface area contributed by atoms with E-state index >= 15 is 0 Å². The van der Waals surface area contributed by atoms with Gasteiger partial charge in [0.15, 0.2) is 0 Å². The van der Waals surface area contributed by atoms with Gasteiger partial charge in [-0.3, -0.25) is 0 Å². The Kier molecular flexibility index (Phi) is 4.04. The zero-order valence-corrected chi connectivity index (χ0v) is 13.5. The summed E-state index contributed by atoms with van der Waals surface area (Å²) in [6.45, 7) is 8.08. The van der Waals surface area contributed by atoms with E-state index in [1.54, 1.807) is 0 Å². The third-order valence-corrected chi connectivity index (χ3v) is 5.80. The molecule has 0 radical (unpaired) electrons. The lowest BCUT2D eigenvalue weighted by Crippen LogP contribution is -2.43. The number of thioether (sulfide) groups is 1. The van der Waals surface area contributed by atoms with E-state index in [1.165, 1.54) is 32.1 Å². The van der Waals surface area contributed by atoms with Crippen LogP contribution in [0.1, 0.15) is 58.9 Å². The molecule has 5 nitrogen and oxygen atoms in total. The number of nitrogens with zero attached hydrogens (tertiary/aromatic N) is 4. The van der Waals surface area contributed by atoms with E-state index in [4.69, 9.17) is 0 Å². The minimum absolute atomic E-state index is 0.366. The van der Waals surface area contributed by atoms with Crippen molar-refractivity contribution in [3.05, 3.63) is 0 Å². The van der Waals surface area contributed by atoms with Crippen molar-refractivity contribution in [2.45, 2.75) is 75.4 Å². The normalized spacial score (nSPS) is 28.9. The Morgan fingerprint density at radius 2 is 2.15 bits per heavy atom. The number of rotatable bonds is 6. The highest BCUT2D eigenvalue weighted by molar-refractivity contribution is 7.99. The fraction of sp³-hybridized carbons (Fsp3) is 0.929. The van der Waals surface area contributed by atoms with Gasteiger partial charge in [0.2, 0.25) is 5.16 Å². The van der Waals surface area contributed by atoms with E-state index < -0.39 is 0 Å². The fourth-order valence-corrected chi connectivity index (χ4v) is 4.61. The molecule has 1 heterocycles. The van der Waals surface area contributed by atoms with Crippen LogP contribution < -0.4 is 5.32 Å². The standard InChI is InChI=1S/C14H25N5S/c1-4-9-15-12-11(7-8-14(12,2)3)20-13-16-17-18-19(13)10-5-6-10/h10-12,15H,4-9H2,1-3H3. The van der Waals surface area contributed by atoms with Gasteiger partial charge >= 0.3 is 0 Å². The Bertz CT molecular complexity index is 454.